The van der Waals surface area contributed by atoms with Gasteiger partial charge in [0.2, 0.25) is 0 Å². The summed E-state index contributed by atoms with van der Waals surface area (Å²) in [4.78, 5) is 0. The lowest BCUT2D eigenvalue weighted by molar-refractivity contribution is 0.349. The van der Waals surface area contributed by atoms with Crippen LogP contribution in [0.2, 0.25) is 0 Å². The molecule has 17 heavy (non-hydrogen) atoms. The molecule has 1 aliphatic rings. The highest BCUT2D eigenvalue weighted by Gasteiger charge is 2.24. The zero-order chi connectivity index (χ0) is 12.4. The highest BCUT2D eigenvalue weighted by atomic mass is 79.9. The van der Waals surface area contributed by atoms with Gasteiger partial charge in [-0.25, -0.2) is 0 Å². The van der Waals surface area contributed by atoms with Gasteiger partial charge in [-0.2, -0.15) is 0 Å². The van der Waals surface area contributed by atoms with E-state index in [0.29, 0.717) is 12.1 Å². The van der Waals surface area contributed by atoms with E-state index >= 15 is 0 Å². The summed E-state index contributed by atoms with van der Waals surface area (Å²) in [5.41, 5.74) is 3.01. The topological polar surface area (TPSA) is 12.0 Å². The molecule has 0 saturated carbocycles. The second kappa shape index (κ2) is 5.53. The molecule has 1 nitrogen and oxygen atoms in total. The molecule has 0 amide bonds. The van der Waals surface area contributed by atoms with Crippen molar-refractivity contribution in [3.05, 3.63) is 33.8 Å². The van der Waals surface area contributed by atoms with Crippen LogP contribution in [0.25, 0.3) is 0 Å². The number of benzene rings is 1. The van der Waals surface area contributed by atoms with Crippen LogP contribution >= 0.6 is 15.9 Å². The van der Waals surface area contributed by atoms with Gasteiger partial charge in [0.15, 0.2) is 0 Å². The first-order valence-electron chi connectivity index (χ1n) is 6.66. The number of rotatable bonds is 4. The number of hydrogen-bond donors (Lipinski definition) is 1. The average Bonchev–Trinajstić information content (AvgIpc) is 2.70. The van der Waals surface area contributed by atoms with Gasteiger partial charge >= 0.3 is 0 Å². The maximum Gasteiger partial charge on any atom is 0.0328 e. The lowest BCUT2D eigenvalue weighted by Crippen LogP contribution is -2.34. The molecular formula is C15H22BrN. The molecule has 1 aromatic carbocycles. The van der Waals surface area contributed by atoms with E-state index in [1.807, 2.05) is 0 Å². The molecule has 0 fully saturated rings. The minimum absolute atomic E-state index is 0.557. The molecular weight excluding hydrogens is 274 g/mol. The Kier molecular flexibility index (Phi) is 4.26. The number of fused-ring (bicyclic) bond motifs is 1. The minimum Gasteiger partial charge on any atom is -0.307 e. The van der Waals surface area contributed by atoms with E-state index in [1.54, 1.807) is 0 Å². The van der Waals surface area contributed by atoms with E-state index in [0.717, 1.165) is 5.92 Å². The minimum atomic E-state index is 0.557. The van der Waals surface area contributed by atoms with Crippen molar-refractivity contribution in [2.45, 2.75) is 52.1 Å². The molecule has 0 radical (unpaired) electrons. The van der Waals surface area contributed by atoms with Gasteiger partial charge in [-0.05, 0) is 48.9 Å². The normalized spacial score (nSPS) is 22.2. The van der Waals surface area contributed by atoms with Crippen LogP contribution in [0.1, 0.15) is 50.8 Å². The highest BCUT2D eigenvalue weighted by molar-refractivity contribution is 9.10. The quantitative estimate of drug-likeness (QED) is 0.865. The van der Waals surface area contributed by atoms with Crippen LogP contribution in [0.15, 0.2) is 22.7 Å². The van der Waals surface area contributed by atoms with E-state index in [4.69, 9.17) is 0 Å². The lowest BCUT2D eigenvalue weighted by atomic mass is 9.99. The molecule has 94 valence electrons. The summed E-state index contributed by atoms with van der Waals surface area (Å²) >= 11 is 3.55. The predicted molar refractivity (Wildman–Crippen MR) is 77.3 cm³/mol. The first kappa shape index (κ1) is 13.1. The van der Waals surface area contributed by atoms with Gasteiger partial charge in [0.05, 0.1) is 0 Å². The third-order valence-electron chi connectivity index (χ3n) is 4.14. The molecule has 2 heteroatoms. The van der Waals surface area contributed by atoms with Gasteiger partial charge in [0.1, 0.15) is 0 Å². The molecule has 1 aliphatic carbocycles. The van der Waals surface area contributed by atoms with E-state index in [9.17, 15) is 0 Å². The molecule has 0 aliphatic heterocycles. The first-order valence-corrected chi connectivity index (χ1v) is 7.45. The van der Waals surface area contributed by atoms with Crippen molar-refractivity contribution < 1.29 is 0 Å². The van der Waals surface area contributed by atoms with Gasteiger partial charge in [-0.1, -0.05) is 42.3 Å². The fraction of sp³-hybridized carbons (Fsp3) is 0.600. The fourth-order valence-electron chi connectivity index (χ4n) is 2.59. The lowest BCUT2D eigenvalue weighted by Gasteiger charge is -2.25. The zero-order valence-corrected chi connectivity index (χ0v) is 12.5. The molecule has 3 unspecified atom stereocenters. The van der Waals surface area contributed by atoms with E-state index < -0.39 is 0 Å². The Bertz CT molecular complexity index is 389. The summed E-state index contributed by atoms with van der Waals surface area (Å²) in [5, 5.41) is 3.79. The van der Waals surface area contributed by atoms with Gasteiger partial charge in [0, 0.05) is 16.6 Å². The molecule has 1 N–H and O–H groups in total. The summed E-state index contributed by atoms with van der Waals surface area (Å²) in [6.45, 7) is 6.91. The maximum absolute atomic E-state index is 3.79. The van der Waals surface area contributed by atoms with Crippen LogP contribution < -0.4 is 5.32 Å². The summed E-state index contributed by atoms with van der Waals surface area (Å²) < 4.78 is 1.20. The van der Waals surface area contributed by atoms with Crippen molar-refractivity contribution in [1.82, 2.24) is 5.32 Å². The van der Waals surface area contributed by atoms with Crippen molar-refractivity contribution in [2.24, 2.45) is 5.92 Å². The second-order valence-corrected chi connectivity index (χ2v) is 6.19. The molecule has 2 rings (SSSR count). The van der Waals surface area contributed by atoms with Gasteiger partial charge in [0.25, 0.3) is 0 Å². The number of halogens is 1. The van der Waals surface area contributed by atoms with Crippen LogP contribution in [0.4, 0.5) is 0 Å². The third kappa shape index (κ3) is 2.92. The molecule has 1 aromatic rings. The molecule has 0 heterocycles. The summed E-state index contributed by atoms with van der Waals surface area (Å²) in [6.07, 6.45) is 3.69. The fourth-order valence-corrected chi connectivity index (χ4v) is 3.00. The molecule has 0 aromatic heterocycles. The largest absolute Gasteiger partial charge is 0.307 e. The summed E-state index contributed by atoms with van der Waals surface area (Å²) in [6, 6.07) is 7.85. The van der Waals surface area contributed by atoms with Crippen LogP contribution in [-0.2, 0) is 6.42 Å². The summed E-state index contributed by atoms with van der Waals surface area (Å²) in [5.74, 6) is 0.745. The molecule has 3 atom stereocenters. The Morgan fingerprint density at radius 2 is 2.18 bits per heavy atom. The highest BCUT2D eigenvalue weighted by Crippen LogP contribution is 2.33. The Labute approximate surface area is 113 Å². The molecule has 0 saturated heterocycles. The summed E-state index contributed by atoms with van der Waals surface area (Å²) in [7, 11) is 0. The average molecular weight is 296 g/mol. The van der Waals surface area contributed by atoms with Crippen molar-refractivity contribution in [1.29, 1.82) is 0 Å². The van der Waals surface area contributed by atoms with E-state index in [-0.39, 0.29) is 0 Å². The van der Waals surface area contributed by atoms with E-state index in [2.05, 4.69) is 60.2 Å². The van der Waals surface area contributed by atoms with Crippen molar-refractivity contribution in [2.75, 3.05) is 0 Å². The van der Waals surface area contributed by atoms with Crippen molar-refractivity contribution in [3.63, 3.8) is 0 Å². The SMILES string of the molecule is CCC(C)C(C)NC1CCc2cc(Br)ccc21. The smallest absolute Gasteiger partial charge is 0.0328 e. The maximum atomic E-state index is 3.79. The van der Waals surface area contributed by atoms with Crippen LogP contribution in [-0.4, -0.2) is 6.04 Å². The van der Waals surface area contributed by atoms with Crippen LogP contribution in [0.5, 0.6) is 0 Å². The monoisotopic (exact) mass is 295 g/mol. The van der Waals surface area contributed by atoms with Crippen molar-refractivity contribution in [3.8, 4) is 0 Å². The zero-order valence-electron chi connectivity index (χ0n) is 11.0. The van der Waals surface area contributed by atoms with Crippen molar-refractivity contribution >= 4 is 15.9 Å². The number of hydrogen-bond acceptors (Lipinski definition) is 1. The Hall–Kier alpha value is -0.340. The Balaban J connectivity index is 2.07. The van der Waals surface area contributed by atoms with Gasteiger partial charge < -0.3 is 5.32 Å². The standard InChI is InChI=1S/C15H22BrN/c1-4-10(2)11(3)17-15-8-5-12-9-13(16)6-7-14(12)15/h6-7,9-11,15,17H,4-5,8H2,1-3H3. The number of aryl methyl sites for hydroxylation is 1. The second-order valence-electron chi connectivity index (χ2n) is 5.28. The third-order valence-corrected chi connectivity index (χ3v) is 4.64. The Morgan fingerprint density at radius 3 is 2.88 bits per heavy atom. The van der Waals surface area contributed by atoms with Gasteiger partial charge in [-0.15, -0.1) is 0 Å². The van der Waals surface area contributed by atoms with Gasteiger partial charge in [-0.3, -0.25) is 0 Å². The molecule has 0 spiro atoms. The predicted octanol–water partition coefficient (Wildman–Crippen LogP) is 4.46. The van der Waals surface area contributed by atoms with Crippen LogP contribution in [0, 0.1) is 5.92 Å². The van der Waals surface area contributed by atoms with Crippen LogP contribution in [0.3, 0.4) is 0 Å². The van der Waals surface area contributed by atoms with E-state index in [1.165, 1.54) is 34.9 Å². The number of nitrogens with one attached hydrogen (secondary N) is 1. The first-order chi connectivity index (χ1) is 8.11. The molecule has 0 bridgehead atoms. The Morgan fingerprint density at radius 1 is 1.41 bits per heavy atom.